The standard InChI is InChI=1S/C28H38N2O6/c1-18(2)34-27(31)21-8-7-11-24(16-21)35-23-14-12-20(13-15-23)26-25(19(3)29-36-26)17-33-28(32)30(4)22-9-5-6-10-22/h12-15,18,21-22,24H,5-11,16-17H2,1-4H3. The third kappa shape index (κ3) is 6.39. The minimum atomic E-state index is -0.319. The van der Waals surface area contributed by atoms with Crippen molar-refractivity contribution >= 4 is 12.1 Å². The Morgan fingerprint density at radius 1 is 1.08 bits per heavy atom. The molecule has 1 heterocycles. The zero-order valence-corrected chi connectivity index (χ0v) is 21.8. The first-order valence-corrected chi connectivity index (χ1v) is 13.1. The molecule has 2 aliphatic rings. The van der Waals surface area contributed by atoms with Crippen molar-refractivity contribution in [2.24, 2.45) is 5.92 Å². The Kier molecular flexibility index (Phi) is 8.54. The minimum absolute atomic E-state index is 0.0198. The van der Waals surface area contributed by atoms with Crippen molar-refractivity contribution in [3.63, 3.8) is 0 Å². The molecule has 2 aliphatic carbocycles. The van der Waals surface area contributed by atoms with Crippen LogP contribution < -0.4 is 4.74 Å². The normalized spacial score (nSPS) is 20.4. The monoisotopic (exact) mass is 498 g/mol. The molecular weight excluding hydrogens is 460 g/mol. The summed E-state index contributed by atoms with van der Waals surface area (Å²) in [5.74, 6) is 1.09. The van der Waals surface area contributed by atoms with Gasteiger partial charge in [-0.25, -0.2) is 4.79 Å². The van der Waals surface area contributed by atoms with Gasteiger partial charge in [0.25, 0.3) is 0 Å². The van der Waals surface area contributed by atoms with Gasteiger partial charge in [0.05, 0.1) is 29.4 Å². The van der Waals surface area contributed by atoms with Crippen LogP contribution in [0, 0.1) is 12.8 Å². The van der Waals surface area contributed by atoms with E-state index in [-0.39, 0.29) is 42.8 Å². The first kappa shape index (κ1) is 26.0. The second-order valence-electron chi connectivity index (χ2n) is 10.3. The van der Waals surface area contributed by atoms with Crippen molar-refractivity contribution in [3.8, 4) is 17.1 Å². The van der Waals surface area contributed by atoms with Gasteiger partial charge in [0.2, 0.25) is 0 Å². The molecule has 0 saturated heterocycles. The quantitative estimate of drug-likeness (QED) is 0.409. The van der Waals surface area contributed by atoms with Gasteiger partial charge in [-0.3, -0.25) is 4.79 Å². The van der Waals surface area contributed by atoms with Gasteiger partial charge in [-0.2, -0.15) is 0 Å². The molecule has 0 N–H and O–H groups in total. The molecule has 2 fully saturated rings. The highest BCUT2D eigenvalue weighted by molar-refractivity contribution is 5.72. The van der Waals surface area contributed by atoms with Crippen LogP contribution in [0.3, 0.4) is 0 Å². The van der Waals surface area contributed by atoms with Gasteiger partial charge in [0.1, 0.15) is 12.4 Å². The summed E-state index contributed by atoms with van der Waals surface area (Å²) < 4.78 is 22.8. The van der Waals surface area contributed by atoms with E-state index >= 15 is 0 Å². The number of amides is 1. The number of hydrogen-bond donors (Lipinski definition) is 0. The van der Waals surface area contributed by atoms with Crippen LogP contribution in [0.5, 0.6) is 5.75 Å². The molecule has 196 valence electrons. The first-order chi connectivity index (χ1) is 17.3. The Hall–Kier alpha value is -3.03. The molecule has 0 radical (unpaired) electrons. The molecule has 36 heavy (non-hydrogen) atoms. The molecule has 4 rings (SSSR count). The lowest BCUT2D eigenvalue weighted by Crippen LogP contribution is -2.35. The molecule has 2 atom stereocenters. The second kappa shape index (κ2) is 11.8. The fourth-order valence-electron chi connectivity index (χ4n) is 5.13. The topological polar surface area (TPSA) is 91.1 Å². The van der Waals surface area contributed by atoms with Gasteiger partial charge >= 0.3 is 12.1 Å². The molecule has 0 aliphatic heterocycles. The van der Waals surface area contributed by atoms with Crippen molar-refractivity contribution in [2.45, 2.75) is 97.0 Å². The third-order valence-corrected chi connectivity index (χ3v) is 7.22. The largest absolute Gasteiger partial charge is 0.490 e. The van der Waals surface area contributed by atoms with Crippen molar-refractivity contribution in [1.82, 2.24) is 10.1 Å². The maximum atomic E-state index is 12.5. The van der Waals surface area contributed by atoms with E-state index in [0.29, 0.717) is 17.9 Å². The Labute approximate surface area is 213 Å². The summed E-state index contributed by atoms with van der Waals surface area (Å²) in [5.41, 5.74) is 2.29. The number of rotatable bonds is 8. The molecule has 0 bridgehead atoms. The number of aryl methyl sites for hydroxylation is 1. The highest BCUT2D eigenvalue weighted by Crippen LogP contribution is 2.32. The van der Waals surface area contributed by atoms with Gasteiger partial charge in [0.15, 0.2) is 5.76 Å². The lowest BCUT2D eigenvalue weighted by molar-refractivity contribution is -0.154. The van der Waals surface area contributed by atoms with Gasteiger partial charge in [-0.1, -0.05) is 18.0 Å². The Balaban J connectivity index is 1.35. The Morgan fingerprint density at radius 3 is 2.50 bits per heavy atom. The smallest absolute Gasteiger partial charge is 0.410 e. The average Bonchev–Trinajstić information content (AvgIpc) is 3.52. The van der Waals surface area contributed by atoms with Crippen LogP contribution in [0.1, 0.15) is 76.5 Å². The molecule has 8 heteroatoms. The van der Waals surface area contributed by atoms with E-state index in [9.17, 15) is 9.59 Å². The Bertz CT molecular complexity index is 1030. The van der Waals surface area contributed by atoms with Crippen LogP contribution >= 0.6 is 0 Å². The Morgan fingerprint density at radius 2 is 1.81 bits per heavy atom. The number of esters is 1. The van der Waals surface area contributed by atoms with E-state index in [0.717, 1.165) is 61.8 Å². The number of ether oxygens (including phenoxy) is 3. The fourth-order valence-corrected chi connectivity index (χ4v) is 5.13. The zero-order chi connectivity index (χ0) is 25.7. The number of carbonyl (C=O) groups excluding carboxylic acids is 2. The summed E-state index contributed by atoms with van der Waals surface area (Å²) in [4.78, 5) is 26.6. The summed E-state index contributed by atoms with van der Waals surface area (Å²) in [6, 6.07) is 7.88. The lowest BCUT2D eigenvalue weighted by Gasteiger charge is -2.29. The molecule has 8 nitrogen and oxygen atoms in total. The van der Waals surface area contributed by atoms with Gasteiger partial charge in [-0.15, -0.1) is 0 Å². The van der Waals surface area contributed by atoms with E-state index < -0.39 is 0 Å². The number of hydrogen-bond acceptors (Lipinski definition) is 7. The van der Waals surface area contributed by atoms with Gasteiger partial charge in [0, 0.05) is 18.7 Å². The summed E-state index contributed by atoms with van der Waals surface area (Å²) >= 11 is 0. The molecule has 2 unspecified atom stereocenters. The van der Waals surface area contributed by atoms with Crippen molar-refractivity contribution in [3.05, 3.63) is 35.5 Å². The van der Waals surface area contributed by atoms with Crippen molar-refractivity contribution < 1.29 is 28.3 Å². The molecular formula is C28H38N2O6. The van der Waals surface area contributed by atoms with Crippen LogP contribution in [-0.4, -0.2) is 47.4 Å². The number of carbonyl (C=O) groups is 2. The number of benzene rings is 1. The van der Waals surface area contributed by atoms with Crippen LogP contribution in [0.25, 0.3) is 11.3 Å². The SMILES string of the molecule is Cc1noc(-c2ccc(OC3CCCC(C(=O)OC(C)C)C3)cc2)c1COC(=O)N(C)C1CCCC1. The van der Waals surface area contributed by atoms with Crippen LogP contribution in [0.2, 0.25) is 0 Å². The van der Waals surface area contributed by atoms with Crippen LogP contribution in [0.15, 0.2) is 28.8 Å². The van der Waals surface area contributed by atoms with E-state index in [4.69, 9.17) is 18.7 Å². The third-order valence-electron chi connectivity index (χ3n) is 7.22. The molecule has 1 amide bonds. The average molecular weight is 499 g/mol. The summed E-state index contributed by atoms with van der Waals surface area (Å²) in [7, 11) is 1.81. The zero-order valence-electron chi connectivity index (χ0n) is 21.8. The van der Waals surface area contributed by atoms with E-state index in [2.05, 4.69) is 5.16 Å². The molecule has 0 spiro atoms. The van der Waals surface area contributed by atoms with Crippen molar-refractivity contribution in [1.29, 1.82) is 0 Å². The second-order valence-corrected chi connectivity index (χ2v) is 10.3. The summed E-state index contributed by atoms with van der Waals surface area (Å²) in [5, 5.41) is 4.10. The van der Waals surface area contributed by atoms with Crippen molar-refractivity contribution in [2.75, 3.05) is 7.05 Å². The molecule has 1 aromatic carbocycles. The maximum absolute atomic E-state index is 12.5. The molecule has 2 aromatic rings. The van der Waals surface area contributed by atoms with Crippen LogP contribution in [0.4, 0.5) is 4.79 Å². The highest BCUT2D eigenvalue weighted by Gasteiger charge is 2.30. The summed E-state index contributed by atoms with van der Waals surface area (Å²) in [6.45, 7) is 5.69. The predicted octanol–water partition coefficient (Wildman–Crippen LogP) is 6.05. The molecule has 1 aromatic heterocycles. The van der Waals surface area contributed by atoms with Gasteiger partial charge in [-0.05, 0) is 83.6 Å². The van der Waals surface area contributed by atoms with E-state index in [1.165, 1.54) is 0 Å². The highest BCUT2D eigenvalue weighted by atomic mass is 16.6. The molecule has 2 saturated carbocycles. The predicted molar refractivity (Wildman–Crippen MR) is 134 cm³/mol. The fraction of sp³-hybridized carbons (Fsp3) is 0.607. The minimum Gasteiger partial charge on any atom is -0.490 e. The van der Waals surface area contributed by atoms with Gasteiger partial charge < -0.3 is 23.6 Å². The summed E-state index contributed by atoms with van der Waals surface area (Å²) in [6.07, 6.45) is 7.29. The first-order valence-electron chi connectivity index (χ1n) is 13.1. The van der Waals surface area contributed by atoms with Crippen LogP contribution in [-0.2, 0) is 20.9 Å². The lowest BCUT2D eigenvalue weighted by atomic mass is 9.87. The van der Waals surface area contributed by atoms with E-state index in [1.807, 2.05) is 45.0 Å². The maximum Gasteiger partial charge on any atom is 0.410 e. The number of aromatic nitrogens is 1. The van der Waals surface area contributed by atoms with E-state index in [1.54, 1.807) is 11.9 Å². The number of nitrogens with zero attached hydrogens (tertiary/aromatic N) is 2.